The summed E-state index contributed by atoms with van der Waals surface area (Å²) < 4.78 is 0. The second-order valence-electron chi connectivity index (χ2n) is 9.98. The molecule has 4 rings (SSSR count). The summed E-state index contributed by atoms with van der Waals surface area (Å²) in [4.78, 5) is 24.5. The predicted octanol–water partition coefficient (Wildman–Crippen LogP) is 3.26. The number of carbonyl (C=O) groups excluding carboxylic acids is 2. The lowest BCUT2D eigenvalue weighted by atomic mass is 9.46. The molecule has 0 amide bonds. The van der Waals surface area contributed by atoms with E-state index in [1.165, 1.54) is 5.57 Å². The molecule has 4 heteroatoms. The zero-order valence-electron chi connectivity index (χ0n) is 16.2. The van der Waals surface area contributed by atoms with E-state index in [2.05, 4.69) is 20.8 Å². The van der Waals surface area contributed by atoms with Gasteiger partial charge in [-0.15, -0.1) is 0 Å². The lowest BCUT2D eigenvalue weighted by Crippen LogP contribution is -2.51. The van der Waals surface area contributed by atoms with Crippen LogP contribution in [0.3, 0.4) is 0 Å². The van der Waals surface area contributed by atoms with Gasteiger partial charge in [0.05, 0.1) is 0 Å². The van der Waals surface area contributed by atoms with Gasteiger partial charge in [0.15, 0.2) is 11.6 Å². The predicted molar refractivity (Wildman–Crippen MR) is 98.0 cm³/mol. The minimum atomic E-state index is -1.85. The molecule has 4 aliphatic rings. The summed E-state index contributed by atoms with van der Waals surface area (Å²) in [5.41, 5.74) is 1.38. The van der Waals surface area contributed by atoms with Crippen molar-refractivity contribution in [3.63, 3.8) is 0 Å². The minimum Gasteiger partial charge on any atom is -0.362 e. The molecule has 0 heterocycles. The van der Waals surface area contributed by atoms with Crippen molar-refractivity contribution in [2.75, 3.05) is 0 Å². The monoisotopic (exact) mass is 360 g/mol. The Morgan fingerprint density at radius 3 is 2.58 bits per heavy atom. The summed E-state index contributed by atoms with van der Waals surface area (Å²) in [5, 5.41) is 19.0. The van der Waals surface area contributed by atoms with E-state index >= 15 is 0 Å². The van der Waals surface area contributed by atoms with Crippen LogP contribution in [0.4, 0.5) is 0 Å². The van der Waals surface area contributed by atoms with E-state index in [1.54, 1.807) is 0 Å². The van der Waals surface area contributed by atoms with Gasteiger partial charge in [-0.05, 0) is 79.1 Å². The van der Waals surface area contributed by atoms with Crippen LogP contribution in [0.15, 0.2) is 11.6 Å². The minimum absolute atomic E-state index is 0.122. The van der Waals surface area contributed by atoms with Crippen LogP contribution in [0.1, 0.15) is 65.7 Å². The normalized spacial score (nSPS) is 47.8. The Morgan fingerprint density at radius 2 is 1.88 bits per heavy atom. The van der Waals surface area contributed by atoms with Gasteiger partial charge in [0, 0.05) is 12.3 Å². The zero-order valence-corrected chi connectivity index (χ0v) is 16.2. The molecule has 3 fully saturated rings. The molecule has 2 N–H and O–H groups in total. The number of rotatable bonds is 2. The number of hydrogen-bond acceptors (Lipinski definition) is 4. The summed E-state index contributed by atoms with van der Waals surface area (Å²) in [7, 11) is 0. The van der Waals surface area contributed by atoms with E-state index in [-0.39, 0.29) is 34.2 Å². The van der Waals surface area contributed by atoms with E-state index in [4.69, 9.17) is 0 Å². The van der Waals surface area contributed by atoms with Crippen molar-refractivity contribution in [3.8, 4) is 0 Å². The first kappa shape index (κ1) is 18.4. The van der Waals surface area contributed by atoms with E-state index in [9.17, 15) is 19.8 Å². The Kier molecular flexibility index (Phi) is 4.24. The number of allylic oxidation sites excluding steroid dienone is 1. The molecule has 7 atom stereocenters. The van der Waals surface area contributed by atoms with Crippen LogP contribution in [-0.2, 0) is 9.59 Å². The maximum Gasteiger partial charge on any atom is 0.213 e. The lowest BCUT2D eigenvalue weighted by molar-refractivity contribution is -0.157. The lowest BCUT2D eigenvalue weighted by Gasteiger charge is -2.58. The molecule has 3 saturated carbocycles. The first-order valence-electron chi connectivity index (χ1n) is 10.3. The first-order chi connectivity index (χ1) is 12.2. The highest BCUT2D eigenvalue weighted by atomic mass is 16.5. The molecule has 0 aliphatic heterocycles. The fourth-order valence-electron chi connectivity index (χ4n) is 7.69. The standard InChI is InChI=1S/C22H32O4/c1-12-10-17-15-5-4-13-11-14(23)6-8-21(13,2)16(15)7-9-22(17,3)18(12)19(24)20(25)26/h11-12,15-18,20,25-26H,4-10H2,1-3H3/t12?,15-,16+,17+,18-,21+,22+/m1/s1. The molecule has 4 aliphatic carbocycles. The number of Topliss-reactive ketones (excluding diaryl/α,β-unsaturated/α-hetero) is 1. The van der Waals surface area contributed by atoms with Crippen molar-refractivity contribution in [2.45, 2.75) is 72.0 Å². The summed E-state index contributed by atoms with van der Waals surface area (Å²) in [6.45, 7) is 6.70. The fraction of sp³-hybridized carbons (Fsp3) is 0.818. The Labute approximate surface area is 156 Å². The van der Waals surface area contributed by atoms with Crippen molar-refractivity contribution >= 4 is 11.6 Å². The molecule has 0 radical (unpaired) electrons. The second-order valence-corrected chi connectivity index (χ2v) is 9.98. The smallest absolute Gasteiger partial charge is 0.213 e. The molecular formula is C22H32O4. The van der Waals surface area contributed by atoms with Crippen LogP contribution < -0.4 is 0 Å². The maximum atomic E-state index is 12.6. The molecule has 0 aromatic heterocycles. The Morgan fingerprint density at radius 1 is 1.15 bits per heavy atom. The quantitative estimate of drug-likeness (QED) is 0.741. The van der Waals surface area contributed by atoms with Gasteiger partial charge in [-0.25, -0.2) is 0 Å². The average molecular weight is 360 g/mol. The van der Waals surface area contributed by atoms with Gasteiger partial charge in [0.2, 0.25) is 6.29 Å². The van der Waals surface area contributed by atoms with Crippen molar-refractivity contribution in [2.24, 2.45) is 40.4 Å². The molecule has 0 aromatic rings. The number of aliphatic hydroxyl groups excluding tert-OH is 1. The van der Waals surface area contributed by atoms with Crippen molar-refractivity contribution in [3.05, 3.63) is 11.6 Å². The largest absolute Gasteiger partial charge is 0.362 e. The number of fused-ring (bicyclic) bond motifs is 5. The van der Waals surface area contributed by atoms with Crippen LogP contribution in [0.25, 0.3) is 0 Å². The average Bonchev–Trinajstić information content (AvgIpc) is 2.85. The van der Waals surface area contributed by atoms with Gasteiger partial charge in [0.25, 0.3) is 0 Å². The van der Waals surface area contributed by atoms with Crippen molar-refractivity contribution in [1.29, 1.82) is 0 Å². The van der Waals surface area contributed by atoms with Crippen LogP contribution >= 0.6 is 0 Å². The third-order valence-electron chi connectivity index (χ3n) is 8.87. The van der Waals surface area contributed by atoms with Crippen LogP contribution in [-0.4, -0.2) is 28.1 Å². The molecule has 0 spiro atoms. The van der Waals surface area contributed by atoms with E-state index in [0.29, 0.717) is 24.2 Å². The molecule has 26 heavy (non-hydrogen) atoms. The topological polar surface area (TPSA) is 74.6 Å². The van der Waals surface area contributed by atoms with Gasteiger partial charge in [-0.2, -0.15) is 0 Å². The molecule has 0 bridgehead atoms. The maximum absolute atomic E-state index is 12.6. The van der Waals surface area contributed by atoms with Gasteiger partial charge in [-0.1, -0.05) is 26.3 Å². The highest BCUT2D eigenvalue weighted by molar-refractivity contribution is 5.91. The fourth-order valence-corrected chi connectivity index (χ4v) is 7.69. The molecule has 4 nitrogen and oxygen atoms in total. The van der Waals surface area contributed by atoms with Crippen LogP contribution in [0.5, 0.6) is 0 Å². The number of ketones is 2. The Bertz CT molecular complexity index is 665. The third kappa shape index (κ3) is 2.41. The van der Waals surface area contributed by atoms with Gasteiger partial charge in [0.1, 0.15) is 0 Å². The SMILES string of the molecule is CC1C[C@H]2[C@@H]3CCC4=CC(=O)CC[C@]4(C)[C@H]3CC[C@]2(C)[C@H]1C(=O)C(O)O. The molecule has 1 unspecified atom stereocenters. The van der Waals surface area contributed by atoms with Gasteiger partial charge >= 0.3 is 0 Å². The van der Waals surface area contributed by atoms with E-state index in [0.717, 1.165) is 38.5 Å². The summed E-state index contributed by atoms with van der Waals surface area (Å²) in [6.07, 6.45) is 6.89. The number of aliphatic hydroxyl groups is 2. The highest BCUT2D eigenvalue weighted by Gasteiger charge is 2.62. The summed E-state index contributed by atoms with van der Waals surface area (Å²) >= 11 is 0. The summed E-state index contributed by atoms with van der Waals surface area (Å²) in [6, 6.07) is 0. The third-order valence-corrected chi connectivity index (χ3v) is 8.87. The number of hydrogen-bond donors (Lipinski definition) is 2. The highest BCUT2D eigenvalue weighted by Crippen LogP contribution is 2.67. The molecule has 144 valence electrons. The van der Waals surface area contributed by atoms with Crippen molar-refractivity contribution in [1.82, 2.24) is 0 Å². The van der Waals surface area contributed by atoms with Gasteiger partial charge < -0.3 is 10.2 Å². The second kappa shape index (κ2) is 6.00. The van der Waals surface area contributed by atoms with E-state index < -0.39 is 6.29 Å². The van der Waals surface area contributed by atoms with Crippen LogP contribution in [0, 0.1) is 40.4 Å². The summed E-state index contributed by atoms with van der Waals surface area (Å²) in [5.74, 6) is 1.51. The zero-order chi connectivity index (χ0) is 18.9. The van der Waals surface area contributed by atoms with Gasteiger partial charge in [-0.3, -0.25) is 9.59 Å². The Hall–Kier alpha value is -1.00. The molecule has 0 saturated heterocycles. The number of carbonyl (C=O) groups is 2. The van der Waals surface area contributed by atoms with E-state index in [1.807, 2.05) is 6.08 Å². The molecule has 0 aromatic carbocycles. The van der Waals surface area contributed by atoms with Crippen LogP contribution in [0.2, 0.25) is 0 Å². The first-order valence-corrected chi connectivity index (χ1v) is 10.3. The molecular weight excluding hydrogens is 328 g/mol. The Balaban J connectivity index is 1.67. The van der Waals surface area contributed by atoms with Crippen molar-refractivity contribution < 1.29 is 19.8 Å².